The number of nitriles is 1. The molecule has 0 saturated carbocycles. The summed E-state index contributed by atoms with van der Waals surface area (Å²) >= 11 is 0. The van der Waals surface area contributed by atoms with Crippen LogP contribution in [-0.4, -0.2) is 34.0 Å². The van der Waals surface area contributed by atoms with Crippen LogP contribution in [0.5, 0.6) is 0 Å². The highest BCUT2D eigenvalue weighted by Gasteiger charge is 2.28. The maximum absolute atomic E-state index is 13.1. The van der Waals surface area contributed by atoms with Crippen LogP contribution >= 0.6 is 0 Å². The van der Waals surface area contributed by atoms with Gasteiger partial charge in [-0.05, 0) is 37.1 Å². The average Bonchev–Trinajstić information content (AvgIpc) is 3.38. The molecule has 0 bridgehead atoms. The van der Waals surface area contributed by atoms with Gasteiger partial charge in [-0.15, -0.1) is 0 Å². The fourth-order valence-electron chi connectivity index (χ4n) is 3.58. The highest BCUT2D eigenvalue weighted by atomic mass is 16.5. The number of anilines is 1. The third-order valence-electron chi connectivity index (χ3n) is 5.11. The Balaban J connectivity index is 1.60. The van der Waals surface area contributed by atoms with Crippen LogP contribution in [0.2, 0.25) is 0 Å². The van der Waals surface area contributed by atoms with Gasteiger partial charge in [-0.2, -0.15) is 5.26 Å². The third kappa shape index (κ3) is 3.62. The standard InChI is InChI=1S/C22H20N4O3/c1-26-18-9-3-2-8-17(18)25-21(26)16(13-23)20(27)14-6-4-7-15(12-14)24-22(28)19-10-5-11-29-19/h2-4,6-9,12,16,19H,5,10-11H2,1H3,(H,24,28). The van der Waals surface area contributed by atoms with Crippen LogP contribution < -0.4 is 5.32 Å². The van der Waals surface area contributed by atoms with E-state index in [9.17, 15) is 14.9 Å². The second-order valence-electron chi connectivity index (χ2n) is 7.02. The molecule has 2 atom stereocenters. The smallest absolute Gasteiger partial charge is 0.253 e. The first kappa shape index (κ1) is 18.8. The Hall–Kier alpha value is -3.50. The molecule has 1 fully saturated rings. The van der Waals surface area contributed by atoms with Crippen molar-refractivity contribution >= 4 is 28.4 Å². The van der Waals surface area contributed by atoms with E-state index >= 15 is 0 Å². The van der Waals surface area contributed by atoms with Crippen molar-refractivity contribution in [1.82, 2.24) is 9.55 Å². The SMILES string of the molecule is Cn1c(C(C#N)C(=O)c2cccc(NC(=O)C3CCCO3)c2)nc2ccccc21. The molecule has 1 amide bonds. The van der Waals surface area contributed by atoms with Crippen LogP contribution in [0, 0.1) is 11.3 Å². The summed E-state index contributed by atoms with van der Waals surface area (Å²) in [6.45, 7) is 0.582. The summed E-state index contributed by atoms with van der Waals surface area (Å²) in [4.78, 5) is 29.8. The number of hydrogen-bond donors (Lipinski definition) is 1. The van der Waals surface area contributed by atoms with E-state index in [1.807, 2.05) is 24.3 Å². The summed E-state index contributed by atoms with van der Waals surface area (Å²) in [5.74, 6) is -1.23. The van der Waals surface area contributed by atoms with Gasteiger partial charge >= 0.3 is 0 Å². The van der Waals surface area contributed by atoms with E-state index in [1.165, 1.54) is 0 Å². The van der Waals surface area contributed by atoms with Gasteiger partial charge in [-0.3, -0.25) is 9.59 Å². The van der Waals surface area contributed by atoms with Crippen molar-refractivity contribution in [2.24, 2.45) is 7.05 Å². The van der Waals surface area contributed by atoms with Gasteiger partial charge in [-0.1, -0.05) is 24.3 Å². The van der Waals surface area contributed by atoms with Crippen molar-refractivity contribution in [3.8, 4) is 6.07 Å². The van der Waals surface area contributed by atoms with E-state index < -0.39 is 12.0 Å². The summed E-state index contributed by atoms with van der Waals surface area (Å²) in [5.41, 5.74) is 2.43. The Labute approximate surface area is 167 Å². The molecule has 0 aliphatic carbocycles. The second kappa shape index (κ2) is 7.86. The summed E-state index contributed by atoms with van der Waals surface area (Å²) in [6.07, 6.45) is 1.09. The molecule has 1 N–H and O–H groups in total. The lowest BCUT2D eigenvalue weighted by molar-refractivity contribution is -0.124. The third-order valence-corrected chi connectivity index (χ3v) is 5.11. The number of ether oxygens (including phenoxy) is 1. The summed E-state index contributed by atoms with van der Waals surface area (Å²) in [7, 11) is 1.79. The zero-order valence-corrected chi connectivity index (χ0v) is 16.0. The number of aryl methyl sites for hydroxylation is 1. The minimum absolute atomic E-state index is 0.223. The number of para-hydroxylation sites is 2. The van der Waals surface area contributed by atoms with Gasteiger partial charge in [0.2, 0.25) is 0 Å². The fourth-order valence-corrected chi connectivity index (χ4v) is 3.58. The number of benzene rings is 2. The predicted molar refractivity (Wildman–Crippen MR) is 107 cm³/mol. The molecule has 7 heteroatoms. The van der Waals surface area contributed by atoms with Gasteiger partial charge in [0.25, 0.3) is 5.91 Å². The van der Waals surface area contributed by atoms with E-state index in [2.05, 4.69) is 16.4 Å². The molecule has 2 unspecified atom stereocenters. The Morgan fingerprint density at radius 3 is 2.83 bits per heavy atom. The molecule has 1 saturated heterocycles. The van der Waals surface area contributed by atoms with Gasteiger partial charge in [0, 0.05) is 24.9 Å². The zero-order chi connectivity index (χ0) is 20.4. The molecule has 3 aromatic rings. The van der Waals surface area contributed by atoms with E-state index in [-0.39, 0.29) is 11.7 Å². The van der Waals surface area contributed by atoms with Gasteiger partial charge in [0.15, 0.2) is 11.7 Å². The average molecular weight is 388 g/mol. The van der Waals surface area contributed by atoms with Crippen LogP contribution in [0.15, 0.2) is 48.5 Å². The monoisotopic (exact) mass is 388 g/mol. The lowest BCUT2D eigenvalue weighted by Gasteiger charge is -2.12. The molecule has 1 aliphatic rings. The first-order chi connectivity index (χ1) is 14.1. The summed E-state index contributed by atoms with van der Waals surface area (Å²) in [6, 6.07) is 16.2. The molecule has 0 spiro atoms. The Morgan fingerprint density at radius 1 is 1.28 bits per heavy atom. The van der Waals surface area contributed by atoms with Crippen molar-refractivity contribution in [2.75, 3.05) is 11.9 Å². The number of rotatable bonds is 5. The quantitative estimate of drug-likeness (QED) is 0.677. The van der Waals surface area contributed by atoms with E-state index in [1.54, 1.807) is 35.9 Å². The topological polar surface area (TPSA) is 97.0 Å². The minimum Gasteiger partial charge on any atom is -0.368 e. The minimum atomic E-state index is -1.04. The second-order valence-corrected chi connectivity index (χ2v) is 7.02. The van der Waals surface area contributed by atoms with Gasteiger partial charge in [0.05, 0.1) is 17.1 Å². The number of Topliss-reactive ketones (excluding diaryl/α,β-unsaturated/α-hetero) is 1. The Bertz CT molecular complexity index is 1120. The van der Waals surface area contributed by atoms with Crippen molar-refractivity contribution in [2.45, 2.75) is 24.9 Å². The molecule has 29 heavy (non-hydrogen) atoms. The van der Waals surface area contributed by atoms with E-state index in [0.717, 1.165) is 17.5 Å². The molecule has 2 heterocycles. The number of nitrogens with one attached hydrogen (secondary N) is 1. The van der Waals surface area contributed by atoms with Crippen LogP contribution in [0.4, 0.5) is 5.69 Å². The predicted octanol–water partition coefficient (Wildman–Crippen LogP) is 3.18. The molecular weight excluding hydrogens is 368 g/mol. The van der Waals surface area contributed by atoms with Crippen LogP contribution in [0.3, 0.4) is 0 Å². The molecule has 1 aliphatic heterocycles. The highest BCUT2D eigenvalue weighted by molar-refractivity contribution is 6.04. The molecule has 4 rings (SSSR count). The van der Waals surface area contributed by atoms with Crippen LogP contribution in [0.25, 0.3) is 11.0 Å². The lowest BCUT2D eigenvalue weighted by Crippen LogP contribution is -2.27. The van der Waals surface area contributed by atoms with E-state index in [0.29, 0.717) is 30.1 Å². The molecule has 7 nitrogen and oxygen atoms in total. The molecule has 146 valence electrons. The number of fused-ring (bicyclic) bond motifs is 1. The summed E-state index contributed by atoms with van der Waals surface area (Å²) in [5, 5.41) is 12.5. The largest absolute Gasteiger partial charge is 0.368 e. The van der Waals surface area contributed by atoms with Crippen molar-refractivity contribution in [3.05, 3.63) is 59.9 Å². The highest BCUT2D eigenvalue weighted by Crippen LogP contribution is 2.25. The first-order valence-corrected chi connectivity index (χ1v) is 9.46. The van der Waals surface area contributed by atoms with Crippen LogP contribution in [0.1, 0.15) is 34.9 Å². The number of nitrogens with zero attached hydrogens (tertiary/aromatic N) is 3. The van der Waals surface area contributed by atoms with Crippen molar-refractivity contribution in [3.63, 3.8) is 0 Å². The maximum atomic E-state index is 13.1. The normalized spacial score (nSPS) is 17.0. The molecule has 0 radical (unpaired) electrons. The lowest BCUT2D eigenvalue weighted by atomic mass is 9.97. The molecule has 1 aromatic heterocycles. The van der Waals surface area contributed by atoms with E-state index in [4.69, 9.17) is 4.74 Å². The number of aromatic nitrogens is 2. The van der Waals surface area contributed by atoms with Gasteiger partial charge in [-0.25, -0.2) is 4.98 Å². The fraction of sp³-hybridized carbons (Fsp3) is 0.273. The number of ketones is 1. The van der Waals surface area contributed by atoms with Crippen LogP contribution in [-0.2, 0) is 16.6 Å². The number of carbonyl (C=O) groups excluding carboxylic acids is 2. The van der Waals surface area contributed by atoms with Gasteiger partial charge in [0.1, 0.15) is 11.9 Å². The molecular formula is C22H20N4O3. The number of hydrogen-bond acceptors (Lipinski definition) is 5. The zero-order valence-electron chi connectivity index (χ0n) is 16.0. The number of carbonyl (C=O) groups is 2. The van der Waals surface area contributed by atoms with Crippen molar-refractivity contribution < 1.29 is 14.3 Å². The Morgan fingerprint density at radius 2 is 2.10 bits per heavy atom. The number of amides is 1. The molecule has 2 aromatic carbocycles. The number of imidazole rings is 1. The summed E-state index contributed by atoms with van der Waals surface area (Å²) < 4.78 is 7.16. The van der Waals surface area contributed by atoms with Gasteiger partial charge < -0.3 is 14.6 Å². The Kier molecular flexibility index (Phi) is 5.10. The van der Waals surface area contributed by atoms with Crippen molar-refractivity contribution in [1.29, 1.82) is 5.26 Å². The first-order valence-electron chi connectivity index (χ1n) is 9.46. The maximum Gasteiger partial charge on any atom is 0.253 e.